The molecule has 0 fully saturated rings. The molecule has 3 nitrogen and oxygen atoms in total. The van der Waals surface area contributed by atoms with Crippen LogP contribution in [0.2, 0.25) is 5.02 Å². The quantitative estimate of drug-likeness (QED) is 0.687. The van der Waals surface area contributed by atoms with E-state index in [-0.39, 0.29) is 0 Å². The standard InChI is InChI=1S/C14H11BrClN3/c15-14-4-2-11(8-19-14)17-6-9-7-18-13-5-10(16)1-3-12(9)13/h1-5,7-8,17-18H,6H2. The number of pyridine rings is 1. The lowest BCUT2D eigenvalue weighted by Gasteiger charge is -2.05. The van der Waals surface area contributed by atoms with Gasteiger partial charge in [-0.25, -0.2) is 4.98 Å². The van der Waals surface area contributed by atoms with Gasteiger partial charge in [0.05, 0.1) is 11.9 Å². The third-order valence-corrected chi connectivity index (χ3v) is 3.64. The van der Waals surface area contributed by atoms with Crippen molar-refractivity contribution in [1.82, 2.24) is 9.97 Å². The molecule has 0 unspecified atom stereocenters. The maximum Gasteiger partial charge on any atom is 0.106 e. The van der Waals surface area contributed by atoms with Gasteiger partial charge in [-0.3, -0.25) is 0 Å². The fourth-order valence-corrected chi connectivity index (χ4v) is 2.39. The first-order valence-electron chi connectivity index (χ1n) is 5.83. The fraction of sp³-hybridized carbons (Fsp3) is 0.0714. The van der Waals surface area contributed by atoms with Gasteiger partial charge >= 0.3 is 0 Å². The maximum atomic E-state index is 5.97. The number of fused-ring (bicyclic) bond motifs is 1. The zero-order valence-electron chi connectivity index (χ0n) is 9.95. The summed E-state index contributed by atoms with van der Waals surface area (Å²) in [5.41, 5.74) is 3.25. The average Bonchev–Trinajstić information content (AvgIpc) is 2.80. The predicted octanol–water partition coefficient (Wildman–Crippen LogP) is 4.59. The highest BCUT2D eigenvalue weighted by Crippen LogP contribution is 2.22. The molecular formula is C14H11BrClN3. The number of benzene rings is 1. The molecule has 96 valence electrons. The third kappa shape index (κ3) is 2.74. The normalized spacial score (nSPS) is 10.8. The van der Waals surface area contributed by atoms with E-state index in [1.807, 2.05) is 36.5 Å². The lowest BCUT2D eigenvalue weighted by molar-refractivity contribution is 1.14. The Morgan fingerprint density at radius 1 is 1.26 bits per heavy atom. The van der Waals surface area contributed by atoms with E-state index >= 15 is 0 Å². The first kappa shape index (κ1) is 12.5. The van der Waals surface area contributed by atoms with Crippen molar-refractivity contribution in [2.75, 3.05) is 5.32 Å². The summed E-state index contributed by atoms with van der Waals surface area (Å²) >= 11 is 9.29. The van der Waals surface area contributed by atoms with Gasteiger partial charge in [-0.1, -0.05) is 17.7 Å². The van der Waals surface area contributed by atoms with Crippen molar-refractivity contribution in [3.05, 3.63) is 57.9 Å². The Morgan fingerprint density at radius 2 is 2.16 bits per heavy atom. The number of nitrogens with one attached hydrogen (secondary N) is 2. The topological polar surface area (TPSA) is 40.7 Å². The van der Waals surface area contributed by atoms with Crippen LogP contribution in [-0.4, -0.2) is 9.97 Å². The highest BCUT2D eigenvalue weighted by atomic mass is 79.9. The highest BCUT2D eigenvalue weighted by molar-refractivity contribution is 9.10. The van der Waals surface area contributed by atoms with Crippen LogP contribution in [0.4, 0.5) is 5.69 Å². The molecule has 0 atom stereocenters. The molecule has 1 aromatic carbocycles. The molecule has 3 aromatic rings. The van der Waals surface area contributed by atoms with Gasteiger partial charge in [0.1, 0.15) is 4.60 Å². The number of nitrogens with zero attached hydrogens (tertiary/aromatic N) is 1. The molecule has 0 spiro atoms. The molecule has 2 aromatic heterocycles. The first-order chi connectivity index (χ1) is 9.22. The summed E-state index contributed by atoms with van der Waals surface area (Å²) in [5, 5.41) is 5.27. The summed E-state index contributed by atoms with van der Waals surface area (Å²) in [6.07, 6.45) is 3.80. The van der Waals surface area contributed by atoms with E-state index in [0.717, 1.165) is 27.4 Å². The number of anilines is 1. The zero-order chi connectivity index (χ0) is 13.2. The molecular weight excluding hydrogens is 326 g/mol. The van der Waals surface area contributed by atoms with Gasteiger partial charge < -0.3 is 10.3 Å². The van der Waals surface area contributed by atoms with Gasteiger partial charge in [-0.05, 0) is 45.8 Å². The van der Waals surface area contributed by atoms with E-state index in [0.29, 0.717) is 0 Å². The molecule has 0 saturated heterocycles. The van der Waals surface area contributed by atoms with Gasteiger partial charge in [-0.2, -0.15) is 0 Å². The third-order valence-electron chi connectivity index (χ3n) is 2.94. The van der Waals surface area contributed by atoms with Crippen LogP contribution in [0.3, 0.4) is 0 Å². The number of aromatic amines is 1. The molecule has 0 amide bonds. The number of aromatic nitrogens is 2. The molecule has 19 heavy (non-hydrogen) atoms. The zero-order valence-corrected chi connectivity index (χ0v) is 12.3. The minimum absolute atomic E-state index is 0.741. The van der Waals surface area contributed by atoms with Crippen LogP contribution in [0, 0.1) is 0 Å². The maximum absolute atomic E-state index is 5.97. The smallest absolute Gasteiger partial charge is 0.106 e. The van der Waals surface area contributed by atoms with Crippen LogP contribution in [0.1, 0.15) is 5.56 Å². The van der Waals surface area contributed by atoms with E-state index in [9.17, 15) is 0 Å². The van der Waals surface area contributed by atoms with Gasteiger partial charge in [0.15, 0.2) is 0 Å². The summed E-state index contributed by atoms with van der Waals surface area (Å²) in [4.78, 5) is 7.41. The lowest BCUT2D eigenvalue weighted by atomic mass is 10.2. The van der Waals surface area contributed by atoms with Crippen molar-refractivity contribution in [2.24, 2.45) is 0 Å². The monoisotopic (exact) mass is 335 g/mol. The lowest BCUT2D eigenvalue weighted by Crippen LogP contribution is -1.98. The largest absolute Gasteiger partial charge is 0.380 e. The molecule has 5 heteroatoms. The van der Waals surface area contributed by atoms with E-state index in [1.54, 1.807) is 6.20 Å². The minimum Gasteiger partial charge on any atom is -0.380 e. The summed E-state index contributed by atoms with van der Waals surface area (Å²) < 4.78 is 0.833. The van der Waals surface area contributed by atoms with E-state index in [4.69, 9.17) is 11.6 Å². The Labute approximate surface area is 124 Å². The molecule has 2 N–H and O–H groups in total. The summed E-state index contributed by atoms with van der Waals surface area (Å²) in [7, 11) is 0. The Bertz CT molecular complexity index is 706. The summed E-state index contributed by atoms with van der Waals surface area (Å²) in [6, 6.07) is 9.77. The molecule has 0 radical (unpaired) electrons. The van der Waals surface area contributed by atoms with Crippen molar-refractivity contribution in [1.29, 1.82) is 0 Å². The number of hydrogen-bond donors (Lipinski definition) is 2. The second-order valence-corrected chi connectivity index (χ2v) is 5.48. The molecule has 2 heterocycles. The molecule has 3 rings (SSSR count). The number of H-pyrrole nitrogens is 1. The fourth-order valence-electron chi connectivity index (χ4n) is 1.98. The SMILES string of the molecule is Clc1ccc2c(CNc3ccc(Br)nc3)c[nH]c2c1. The van der Waals surface area contributed by atoms with Crippen molar-refractivity contribution in [3.63, 3.8) is 0 Å². The number of hydrogen-bond acceptors (Lipinski definition) is 2. The van der Waals surface area contributed by atoms with Crippen LogP contribution in [-0.2, 0) is 6.54 Å². The van der Waals surface area contributed by atoms with Crippen molar-refractivity contribution in [3.8, 4) is 0 Å². The van der Waals surface area contributed by atoms with Gasteiger partial charge in [0.25, 0.3) is 0 Å². The Balaban J connectivity index is 1.80. The average molecular weight is 337 g/mol. The van der Waals surface area contributed by atoms with E-state index < -0.39 is 0 Å². The first-order valence-corrected chi connectivity index (χ1v) is 7.00. The molecule has 0 aliphatic carbocycles. The van der Waals surface area contributed by atoms with Gasteiger partial charge in [-0.15, -0.1) is 0 Å². The molecule has 0 aliphatic rings. The van der Waals surface area contributed by atoms with Crippen LogP contribution in [0.25, 0.3) is 10.9 Å². The highest BCUT2D eigenvalue weighted by Gasteiger charge is 2.04. The predicted molar refractivity (Wildman–Crippen MR) is 82.6 cm³/mol. The van der Waals surface area contributed by atoms with Crippen LogP contribution >= 0.6 is 27.5 Å². The Morgan fingerprint density at radius 3 is 2.95 bits per heavy atom. The van der Waals surface area contributed by atoms with Crippen molar-refractivity contribution >= 4 is 44.1 Å². The van der Waals surface area contributed by atoms with E-state index in [2.05, 4.69) is 31.2 Å². The van der Waals surface area contributed by atoms with E-state index in [1.165, 1.54) is 10.9 Å². The summed E-state index contributed by atoms with van der Waals surface area (Å²) in [6.45, 7) is 0.741. The second-order valence-electron chi connectivity index (χ2n) is 4.23. The van der Waals surface area contributed by atoms with Gasteiger partial charge in [0.2, 0.25) is 0 Å². The van der Waals surface area contributed by atoms with Gasteiger partial charge in [0, 0.05) is 28.7 Å². The van der Waals surface area contributed by atoms with Crippen molar-refractivity contribution < 1.29 is 0 Å². The second kappa shape index (κ2) is 5.23. The Hall–Kier alpha value is -1.52. The van der Waals surface area contributed by atoms with Crippen molar-refractivity contribution in [2.45, 2.75) is 6.54 Å². The van der Waals surface area contributed by atoms with Crippen LogP contribution in [0.5, 0.6) is 0 Å². The van der Waals surface area contributed by atoms with Crippen LogP contribution < -0.4 is 5.32 Å². The van der Waals surface area contributed by atoms with Crippen LogP contribution in [0.15, 0.2) is 47.3 Å². The molecule has 0 bridgehead atoms. The summed E-state index contributed by atoms with van der Waals surface area (Å²) in [5.74, 6) is 0. The number of rotatable bonds is 3. The number of halogens is 2. The Kier molecular flexibility index (Phi) is 3.44. The minimum atomic E-state index is 0.741. The molecule has 0 saturated carbocycles. The molecule has 0 aliphatic heterocycles.